The normalized spacial score (nSPS) is 30.2. The summed E-state index contributed by atoms with van der Waals surface area (Å²) in [6.07, 6.45) is 3.97. The number of nitrogens with two attached hydrogens (primary N) is 1. The highest BCUT2D eigenvalue weighted by molar-refractivity contribution is 5.72. The van der Waals surface area contributed by atoms with Crippen molar-refractivity contribution < 1.29 is 9.90 Å². The van der Waals surface area contributed by atoms with Gasteiger partial charge >= 0.3 is 6.03 Å². The standard InChI is InChI=1S/C13H25N3O2/c1-2-12(17)10-5-11(15-6-9-3-4-9)8-16(7-10)13(14)18/h9-12,15,17H,2-8H2,1H3,(H2,14,18). The Hall–Kier alpha value is -0.810. The van der Waals surface area contributed by atoms with Gasteiger partial charge in [0.25, 0.3) is 0 Å². The van der Waals surface area contributed by atoms with Crippen molar-refractivity contribution in [3.63, 3.8) is 0 Å². The molecule has 2 amide bonds. The molecule has 1 heterocycles. The highest BCUT2D eigenvalue weighted by Crippen LogP contribution is 2.28. The van der Waals surface area contributed by atoms with E-state index in [9.17, 15) is 9.90 Å². The quantitative estimate of drug-likeness (QED) is 0.670. The second-order valence-corrected chi connectivity index (χ2v) is 5.76. The van der Waals surface area contributed by atoms with Crippen molar-refractivity contribution in [1.82, 2.24) is 10.2 Å². The van der Waals surface area contributed by atoms with Crippen LogP contribution in [0.5, 0.6) is 0 Å². The molecule has 4 N–H and O–H groups in total. The molecule has 3 unspecified atom stereocenters. The van der Waals surface area contributed by atoms with Crippen molar-refractivity contribution in [1.29, 1.82) is 0 Å². The fourth-order valence-electron chi connectivity index (χ4n) is 2.73. The van der Waals surface area contributed by atoms with E-state index in [1.807, 2.05) is 6.92 Å². The zero-order valence-electron chi connectivity index (χ0n) is 11.1. The summed E-state index contributed by atoms with van der Waals surface area (Å²) < 4.78 is 0. The molecule has 1 aliphatic carbocycles. The van der Waals surface area contributed by atoms with Crippen LogP contribution in [-0.4, -0.2) is 47.8 Å². The molecule has 5 nitrogen and oxygen atoms in total. The number of primary amides is 1. The third-order valence-corrected chi connectivity index (χ3v) is 4.15. The van der Waals surface area contributed by atoms with Gasteiger partial charge in [0, 0.05) is 25.0 Å². The fraction of sp³-hybridized carbons (Fsp3) is 0.923. The third-order valence-electron chi connectivity index (χ3n) is 4.15. The van der Waals surface area contributed by atoms with Crippen molar-refractivity contribution in [3.8, 4) is 0 Å². The molecule has 5 heteroatoms. The molecular formula is C13H25N3O2. The van der Waals surface area contributed by atoms with E-state index in [-0.39, 0.29) is 24.1 Å². The van der Waals surface area contributed by atoms with Gasteiger partial charge in [0.1, 0.15) is 0 Å². The summed E-state index contributed by atoms with van der Waals surface area (Å²) in [6.45, 7) is 4.27. The Labute approximate surface area is 109 Å². The Kier molecular flexibility index (Phi) is 4.45. The predicted octanol–water partition coefficient (Wildman–Crippen LogP) is 0.526. The molecule has 1 aliphatic heterocycles. The zero-order valence-corrected chi connectivity index (χ0v) is 11.1. The molecule has 0 bridgehead atoms. The highest BCUT2D eigenvalue weighted by Gasteiger charge is 2.33. The lowest BCUT2D eigenvalue weighted by molar-refractivity contribution is 0.0486. The second-order valence-electron chi connectivity index (χ2n) is 5.76. The van der Waals surface area contributed by atoms with E-state index in [0.29, 0.717) is 13.1 Å². The molecular weight excluding hydrogens is 230 g/mol. The van der Waals surface area contributed by atoms with Crippen LogP contribution >= 0.6 is 0 Å². The van der Waals surface area contributed by atoms with Crippen LogP contribution in [0, 0.1) is 11.8 Å². The minimum Gasteiger partial charge on any atom is -0.393 e. The van der Waals surface area contributed by atoms with Crippen LogP contribution in [0.15, 0.2) is 0 Å². The molecule has 1 saturated carbocycles. The summed E-state index contributed by atoms with van der Waals surface area (Å²) >= 11 is 0. The maximum absolute atomic E-state index is 11.3. The molecule has 0 aromatic carbocycles. The van der Waals surface area contributed by atoms with Crippen LogP contribution in [0.25, 0.3) is 0 Å². The number of carbonyl (C=O) groups is 1. The van der Waals surface area contributed by atoms with Crippen LogP contribution in [0.4, 0.5) is 4.79 Å². The zero-order chi connectivity index (χ0) is 13.1. The van der Waals surface area contributed by atoms with Gasteiger partial charge in [-0.3, -0.25) is 0 Å². The minimum absolute atomic E-state index is 0.146. The highest BCUT2D eigenvalue weighted by atomic mass is 16.3. The number of hydrogen-bond acceptors (Lipinski definition) is 3. The maximum Gasteiger partial charge on any atom is 0.314 e. The lowest BCUT2D eigenvalue weighted by atomic mass is 9.88. The van der Waals surface area contributed by atoms with Crippen molar-refractivity contribution in [2.75, 3.05) is 19.6 Å². The van der Waals surface area contributed by atoms with E-state index in [0.717, 1.165) is 25.3 Å². The fourth-order valence-corrected chi connectivity index (χ4v) is 2.73. The van der Waals surface area contributed by atoms with Gasteiger partial charge in [-0.15, -0.1) is 0 Å². The summed E-state index contributed by atoms with van der Waals surface area (Å²) in [5.41, 5.74) is 5.38. The summed E-state index contributed by atoms with van der Waals surface area (Å²) in [4.78, 5) is 13.0. The topological polar surface area (TPSA) is 78.6 Å². The molecule has 2 aliphatic rings. The van der Waals surface area contributed by atoms with Gasteiger partial charge in [0.15, 0.2) is 0 Å². The lowest BCUT2D eigenvalue weighted by Crippen LogP contribution is -2.55. The Morgan fingerprint density at radius 2 is 2.22 bits per heavy atom. The molecule has 0 spiro atoms. The number of aliphatic hydroxyl groups is 1. The van der Waals surface area contributed by atoms with E-state index in [1.165, 1.54) is 12.8 Å². The first-order valence-electron chi connectivity index (χ1n) is 7.06. The first kappa shape index (κ1) is 13.6. The van der Waals surface area contributed by atoms with Gasteiger partial charge in [-0.05, 0) is 38.1 Å². The van der Waals surface area contributed by atoms with Gasteiger partial charge in [0.2, 0.25) is 0 Å². The largest absolute Gasteiger partial charge is 0.393 e. The Morgan fingerprint density at radius 3 is 2.78 bits per heavy atom. The van der Waals surface area contributed by atoms with Crippen molar-refractivity contribution in [3.05, 3.63) is 0 Å². The van der Waals surface area contributed by atoms with Crippen molar-refractivity contribution in [2.45, 2.75) is 44.8 Å². The second kappa shape index (κ2) is 5.89. The molecule has 0 aromatic rings. The summed E-state index contributed by atoms with van der Waals surface area (Å²) in [6, 6.07) is -0.0979. The number of nitrogens with zero attached hydrogens (tertiary/aromatic N) is 1. The number of nitrogens with one attached hydrogen (secondary N) is 1. The van der Waals surface area contributed by atoms with Crippen molar-refractivity contribution >= 4 is 6.03 Å². The van der Waals surface area contributed by atoms with Gasteiger partial charge < -0.3 is 21.1 Å². The number of rotatable bonds is 5. The number of hydrogen-bond donors (Lipinski definition) is 3. The number of amides is 2. The number of urea groups is 1. The SMILES string of the molecule is CCC(O)C1CC(NCC2CC2)CN(C(N)=O)C1. The van der Waals surface area contributed by atoms with Gasteiger partial charge in [-0.2, -0.15) is 0 Å². The van der Waals surface area contributed by atoms with Crippen molar-refractivity contribution in [2.24, 2.45) is 17.6 Å². The number of likely N-dealkylation sites (tertiary alicyclic amines) is 1. The van der Waals surface area contributed by atoms with Crippen LogP contribution in [0.3, 0.4) is 0 Å². The molecule has 18 heavy (non-hydrogen) atoms. The maximum atomic E-state index is 11.3. The van der Waals surface area contributed by atoms with Gasteiger partial charge in [-0.1, -0.05) is 6.92 Å². The van der Waals surface area contributed by atoms with E-state index in [4.69, 9.17) is 5.73 Å². The van der Waals surface area contributed by atoms with Crippen LogP contribution < -0.4 is 11.1 Å². The van der Waals surface area contributed by atoms with E-state index in [2.05, 4.69) is 5.32 Å². The first-order valence-corrected chi connectivity index (χ1v) is 7.06. The molecule has 104 valence electrons. The van der Waals surface area contributed by atoms with E-state index >= 15 is 0 Å². The Bertz CT molecular complexity index is 294. The summed E-state index contributed by atoms with van der Waals surface area (Å²) in [5.74, 6) is 0.969. The molecule has 3 atom stereocenters. The summed E-state index contributed by atoms with van der Waals surface area (Å²) in [7, 11) is 0. The van der Waals surface area contributed by atoms with E-state index in [1.54, 1.807) is 4.90 Å². The summed E-state index contributed by atoms with van der Waals surface area (Å²) in [5, 5.41) is 13.5. The third kappa shape index (κ3) is 3.59. The first-order chi connectivity index (χ1) is 8.60. The Balaban J connectivity index is 1.89. The molecule has 2 fully saturated rings. The molecule has 2 rings (SSSR count). The molecule has 0 aromatic heterocycles. The number of aliphatic hydroxyl groups excluding tert-OH is 1. The predicted molar refractivity (Wildman–Crippen MR) is 70.1 cm³/mol. The van der Waals surface area contributed by atoms with Gasteiger partial charge in [0.05, 0.1) is 6.10 Å². The van der Waals surface area contributed by atoms with Gasteiger partial charge in [-0.25, -0.2) is 4.79 Å². The lowest BCUT2D eigenvalue weighted by Gasteiger charge is -2.39. The van der Waals surface area contributed by atoms with Crippen LogP contribution in [-0.2, 0) is 0 Å². The molecule has 0 radical (unpaired) electrons. The smallest absolute Gasteiger partial charge is 0.314 e. The van der Waals surface area contributed by atoms with Crippen LogP contribution in [0.2, 0.25) is 0 Å². The number of carbonyl (C=O) groups excluding carboxylic acids is 1. The van der Waals surface area contributed by atoms with E-state index < -0.39 is 0 Å². The monoisotopic (exact) mass is 255 g/mol. The Morgan fingerprint density at radius 1 is 1.50 bits per heavy atom. The molecule has 1 saturated heterocycles. The number of piperidine rings is 1. The average Bonchev–Trinajstić information content (AvgIpc) is 3.19. The van der Waals surface area contributed by atoms with Crippen LogP contribution in [0.1, 0.15) is 32.6 Å². The minimum atomic E-state index is -0.374. The average molecular weight is 255 g/mol.